The molecule has 14 heavy (non-hydrogen) atoms. The summed E-state index contributed by atoms with van der Waals surface area (Å²) in [6, 6.07) is 3.03. The molecule has 0 aromatic carbocycles. The second kappa shape index (κ2) is 2.73. The molecule has 3 N–H and O–H groups in total. The highest BCUT2D eigenvalue weighted by atomic mass is 16.4. The Labute approximate surface area is 78.4 Å². The van der Waals surface area contributed by atoms with Crippen molar-refractivity contribution in [1.29, 1.82) is 0 Å². The highest BCUT2D eigenvalue weighted by molar-refractivity contribution is 5.93. The Balaban J connectivity index is 2.83. The van der Waals surface area contributed by atoms with Crippen LogP contribution in [0.3, 0.4) is 0 Å². The first-order valence-corrected chi connectivity index (χ1v) is 4.04. The minimum Gasteiger partial charge on any atom is -0.477 e. The molecule has 5 nitrogen and oxygen atoms in total. The molecule has 0 atom stereocenters. The van der Waals surface area contributed by atoms with Crippen LogP contribution >= 0.6 is 0 Å². The largest absolute Gasteiger partial charge is 0.477 e. The predicted molar refractivity (Wildman–Crippen MR) is 50.6 cm³/mol. The molecule has 0 aliphatic rings. The quantitative estimate of drug-likeness (QED) is 0.626. The van der Waals surface area contributed by atoms with Crippen molar-refractivity contribution in [2.45, 2.75) is 6.92 Å². The summed E-state index contributed by atoms with van der Waals surface area (Å²) >= 11 is 0. The molecule has 0 aliphatic carbocycles. The second-order valence-electron chi connectivity index (χ2n) is 3.10. The van der Waals surface area contributed by atoms with Crippen molar-refractivity contribution in [2.24, 2.45) is 0 Å². The number of hydrogen-bond donors (Lipinski definition) is 3. The van der Waals surface area contributed by atoms with Crippen molar-refractivity contribution in [2.75, 3.05) is 0 Å². The van der Waals surface area contributed by atoms with Gasteiger partial charge in [-0.3, -0.25) is 4.79 Å². The molecule has 0 fully saturated rings. The predicted octanol–water partition coefficient (Wildman–Crippen LogP) is 0.863. The third-order valence-electron chi connectivity index (χ3n) is 1.99. The molecule has 0 saturated heterocycles. The standard InChI is InChI=1S/C9H8N2O3/c1-4-2-6-5(8(12)10-4)3-7(11-6)9(13)14/h2-3,11H,1H3,(H,10,12)(H,13,14). The van der Waals surface area contributed by atoms with Crippen LogP contribution in [0.15, 0.2) is 16.9 Å². The summed E-state index contributed by atoms with van der Waals surface area (Å²) in [6.45, 7) is 1.74. The van der Waals surface area contributed by atoms with Crippen LogP contribution in [0, 0.1) is 6.92 Å². The van der Waals surface area contributed by atoms with Crippen LogP contribution in [0.4, 0.5) is 0 Å². The van der Waals surface area contributed by atoms with Crippen molar-refractivity contribution in [3.63, 3.8) is 0 Å². The molecule has 0 unspecified atom stereocenters. The van der Waals surface area contributed by atoms with Gasteiger partial charge in [0.25, 0.3) is 5.56 Å². The van der Waals surface area contributed by atoms with Gasteiger partial charge in [-0.25, -0.2) is 4.79 Å². The van der Waals surface area contributed by atoms with E-state index in [2.05, 4.69) is 9.97 Å². The molecule has 5 heteroatoms. The first-order valence-electron chi connectivity index (χ1n) is 4.04. The van der Waals surface area contributed by atoms with Crippen molar-refractivity contribution in [3.8, 4) is 0 Å². The Hall–Kier alpha value is -2.04. The van der Waals surface area contributed by atoms with Crippen molar-refractivity contribution in [3.05, 3.63) is 33.9 Å². The number of H-pyrrole nitrogens is 2. The number of aromatic amines is 2. The highest BCUT2D eigenvalue weighted by Crippen LogP contribution is 2.11. The Morgan fingerprint density at radius 1 is 1.36 bits per heavy atom. The molecule has 2 aromatic rings. The number of fused-ring (bicyclic) bond motifs is 1. The summed E-state index contributed by atoms with van der Waals surface area (Å²) in [6.07, 6.45) is 0. The Bertz CT molecular complexity index is 565. The highest BCUT2D eigenvalue weighted by Gasteiger charge is 2.09. The van der Waals surface area contributed by atoms with E-state index in [0.29, 0.717) is 16.6 Å². The van der Waals surface area contributed by atoms with E-state index >= 15 is 0 Å². The lowest BCUT2D eigenvalue weighted by Gasteiger charge is -1.91. The number of aromatic nitrogens is 2. The normalized spacial score (nSPS) is 10.6. The third kappa shape index (κ3) is 1.19. The number of aryl methyl sites for hydroxylation is 1. The minimum absolute atomic E-state index is 0.0242. The molecule has 0 bridgehead atoms. The van der Waals surface area contributed by atoms with E-state index < -0.39 is 5.97 Å². The van der Waals surface area contributed by atoms with Gasteiger partial charge in [-0.2, -0.15) is 0 Å². The topological polar surface area (TPSA) is 85.9 Å². The average molecular weight is 192 g/mol. The molecule has 2 heterocycles. The van der Waals surface area contributed by atoms with Crippen LogP contribution in [0.1, 0.15) is 16.2 Å². The van der Waals surface area contributed by atoms with Gasteiger partial charge in [0.2, 0.25) is 0 Å². The van der Waals surface area contributed by atoms with Crippen LogP contribution in [-0.2, 0) is 0 Å². The van der Waals surface area contributed by atoms with E-state index in [0.717, 1.165) is 0 Å². The van der Waals surface area contributed by atoms with Gasteiger partial charge in [0.15, 0.2) is 0 Å². The number of aromatic carboxylic acids is 1. The van der Waals surface area contributed by atoms with Crippen LogP contribution in [0.25, 0.3) is 10.9 Å². The van der Waals surface area contributed by atoms with Gasteiger partial charge in [0.1, 0.15) is 5.69 Å². The number of carboxylic acid groups (broad SMARTS) is 1. The van der Waals surface area contributed by atoms with Gasteiger partial charge in [-0.15, -0.1) is 0 Å². The number of carboxylic acids is 1. The summed E-state index contributed by atoms with van der Waals surface area (Å²) in [7, 11) is 0. The van der Waals surface area contributed by atoms with Gasteiger partial charge >= 0.3 is 5.97 Å². The minimum atomic E-state index is -1.07. The number of pyridine rings is 1. The van der Waals surface area contributed by atoms with Crippen LogP contribution in [-0.4, -0.2) is 21.0 Å². The van der Waals surface area contributed by atoms with E-state index in [-0.39, 0.29) is 11.3 Å². The van der Waals surface area contributed by atoms with E-state index in [1.807, 2.05) is 0 Å². The fourth-order valence-corrected chi connectivity index (χ4v) is 1.39. The Kier molecular flexibility index (Phi) is 1.67. The van der Waals surface area contributed by atoms with E-state index in [1.165, 1.54) is 6.07 Å². The summed E-state index contributed by atoms with van der Waals surface area (Å²) in [5.74, 6) is -1.07. The summed E-state index contributed by atoms with van der Waals surface area (Å²) < 4.78 is 0. The van der Waals surface area contributed by atoms with Crippen LogP contribution in [0.2, 0.25) is 0 Å². The van der Waals surface area contributed by atoms with Gasteiger partial charge in [-0.1, -0.05) is 0 Å². The number of hydrogen-bond acceptors (Lipinski definition) is 2. The number of nitrogens with one attached hydrogen (secondary N) is 2. The Morgan fingerprint density at radius 2 is 2.07 bits per heavy atom. The van der Waals surface area contributed by atoms with Crippen LogP contribution < -0.4 is 5.56 Å². The molecule has 0 aliphatic heterocycles. The monoisotopic (exact) mass is 192 g/mol. The molecule has 0 spiro atoms. The average Bonchev–Trinajstić information content (AvgIpc) is 2.47. The van der Waals surface area contributed by atoms with Gasteiger partial charge < -0.3 is 15.1 Å². The zero-order valence-corrected chi connectivity index (χ0v) is 7.42. The molecular formula is C9H8N2O3. The van der Waals surface area contributed by atoms with E-state index in [9.17, 15) is 9.59 Å². The molecule has 0 radical (unpaired) electrons. The Morgan fingerprint density at radius 3 is 2.71 bits per heavy atom. The van der Waals surface area contributed by atoms with Gasteiger partial charge in [-0.05, 0) is 19.1 Å². The van der Waals surface area contributed by atoms with Crippen molar-refractivity contribution >= 4 is 16.9 Å². The lowest BCUT2D eigenvalue weighted by Crippen LogP contribution is -2.05. The van der Waals surface area contributed by atoms with Crippen LogP contribution in [0.5, 0.6) is 0 Å². The SMILES string of the molecule is Cc1cc2[nH]c(C(=O)O)cc2c(=O)[nH]1. The second-order valence-corrected chi connectivity index (χ2v) is 3.10. The fraction of sp³-hybridized carbons (Fsp3) is 0.111. The maximum atomic E-state index is 11.4. The molecule has 0 saturated carbocycles. The molecule has 2 aromatic heterocycles. The first kappa shape index (κ1) is 8.55. The van der Waals surface area contributed by atoms with Gasteiger partial charge in [0.05, 0.1) is 10.9 Å². The molecule has 2 rings (SSSR count). The molecule has 72 valence electrons. The lowest BCUT2D eigenvalue weighted by molar-refractivity contribution is 0.0691. The van der Waals surface area contributed by atoms with Crippen molar-refractivity contribution in [1.82, 2.24) is 9.97 Å². The zero-order chi connectivity index (χ0) is 10.3. The summed E-state index contributed by atoms with van der Waals surface area (Å²) in [5, 5.41) is 9.07. The zero-order valence-electron chi connectivity index (χ0n) is 7.42. The fourth-order valence-electron chi connectivity index (χ4n) is 1.39. The summed E-state index contributed by atoms with van der Waals surface area (Å²) in [5.41, 5.74) is 0.991. The third-order valence-corrected chi connectivity index (χ3v) is 1.99. The first-order chi connectivity index (χ1) is 6.58. The van der Waals surface area contributed by atoms with E-state index in [1.54, 1.807) is 13.0 Å². The smallest absolute Gasteiger partial charge is 0.352 e. The summed E-state index contributed by atoms with van der Waals surface area (Å²) in [4.78, 5) is 27.2. The number of rotatable bonds is 1. The molecular weight excluding hydrogens is 184 g/mol. The number of carbonyl (C=O) groups is 1. The maximum Gasteiger partial charge on any atom is 0.352 e. The van der Waals surface area contributed by atoms with Crippen molar-refractivity contribution < 1.29 is 9.90 Å². The van der Waals surface area contributed by atoms with E-state index in [4.69, 9.17) is 5.11 Å². The van der Waals surface area contributed by atoms with Gasteiger partial charge in [0, 0.05) is 5.69 Å². The molecule has 0 amide bonds. The lowest BCUT2D eigenvalue weighted by atomic mass is 10.3. The maximum absolute atomic E-state index is 11.4.